The van der Waals surface area contributed by atoms with Crippen LogP contribution in [0, 0.1) is 12.8 Å². The molecule has 3 N–H and O–H groups in total. The van der Waals surface area contributed by atoms with Crippen LogP contribution in [0.4, 0.5) is 5.82 Å². The largest absolute Gasteiger partial charge is 0.480 e. The van der Waals surface area contributed by atoms with Gasteiger partial charge < -0.3 is 20.3 Å². The highest BCUT2D eigenvalue weighted by atomic mass is 32.2. The van der Waals surface area contributed by atoms with Crippen LogP contribution in [0.15, 0.2) is 10.6 Å². The number of aryl methyl sites for hydroxylation is 1. The molecule has 0 aliphatic carbocycles. The molecule has 0 saturated heterocycles. The number of aromatic nitrogens is 1. The van der Waals surface area contributed by atoms with Gasteiger partial charge in [0.2, 0.25) is 11.8 Å². The number of carboxylic acid groups (broad SMARTS) is 1. The van der Waals surface area contributed by atoms with E-state index in [1.54, 1.807) is 13.0 Å². The van der Waals surface area contributed by atoms with Crippen molar-refractivity contribution in [1.82, 2.24) is 10.5 Å². The zero-order valence-electron chi connectivity index (χ0n) is 13.3. The number of carboxylic acids is 1. The Morgan fingerprint density at radius 3 is 2.48 bits per heavy atom. The minimum atomic E-state index is -1.06. The lowest BCUT2D eigenvalue weighted by Gasteiger charge is -2.16. The van der Waals surface area contributed by atoms with Gasteiger partial charge in [0.25, 0.3) is 0 Å². The van der Waals surface area contributed by atoms with Crippen LogP contribution in [0.5, 0.6) is 0 Å². The molecule has 1 rings (SSSR count). The number of hydrogen-bond acceptors (Lipinski definition) is 6. The van der Waals surface area contributed by atoms with Crippen LogP contribution < -0.4 is 10.6 Å². The molecule has 0 aliphatic rings. The maximum Gasteiger partial charge on any atom is 0.326 e. The molecule has 0 spiro atoms. The number of carbonyl (C=O) groups is 3. The number of carbonyl (C=O) groups excluding carboxylic acids is 2. The Kier molecular flexibility index (Phi) is 7.60. The Labute approximate surface area is 138 Å². The number of nitrogens with one attached hydrogen (secondary N) is 2. The second-order valence-corrected chi connectivity index (χ2v) is 6.44. The highest BCUT2D eigenvalue weighted by Crippen LogP contribution is 2.09. The van der Waals surface area contributed by atoms with Crippen molar-refractivity contribution in [3.63, 3.8) is 0 Å². The molecule has 8 nitrogen and oxygen atoms in total. The molecule has 0 bridgehead atoms. The number of nitrogens with zero attached hydrogens (tertiary/aromatic N) is 1. The van der Waals surface area contributed by atoms with E-state index in [9.17, 15) is 14.4 Å². The van der Waals surface area contributed by atoms with Crippen LogP contribution in [-0.2, 0) is 14.4 Å². The molecule has 128 valence electrons. The van der Waals surface area contributed by atoms with Crippen molar-refractivity contribution in [2.75, 3.05) is 16.8 Å². The van der Waals surface area contributed by atoms with E-state index in [2.05, 4.69) is 15.8 Å². The Bertz CT molecular complexity index is 558. The fourth-order valence-electron chi connectivity index (χ4n) is 1.77. The summed E-state index contributed by atoms with van der Waals surface area (Å²) in [5.41, 5.74) is 0. The van der Waals surface area contributed by atoms with Crippen LogP contribution in [0.3, 0.4) is 0 Å². The highest BCUT2D eigenvalue weighted by Gasteiger charge is 2.21. The van der Waals surface area contributed by atoms with Gasteiger partial charge in [-0.15, -0.1) is 11.8 Å². The summed E-state index contributed by atoms with van der Waals surface area (Å²) in [6.07, 6.45) is 0.359. The molecule has 1 heterocycles. The molecule has 0 aromatic carbocycles. The fourth-order valence-corrected chi connectivity index (χ4v) is 2.40. The zero-order chi connectivity index (χ0) is 17.4. The zero-order valence-corrected chi connectivity index (χ0v) is 14.1. The Hall–Kier alpha value is -2.03. The summed E-state index contributed by atoms with van der Waals surface area (Å²) in [6.45, 7) is 5.47. The van der Waals surface area contributed by atoms with Crippen molar-refractivity contribution in [2.24, 2.45) is 5.92 Å². The number of rotatable bonds is 9. The van der Waals surface area contributed by atoms with E-state index in [1.165, 1.54) is 0 Å². The second-order valence-electron chi connectivity index (χ2n) is 5.45. The van der Waals surface area contributed by atoms with Crippen molar-refractivity contribution in [3.8, 4) is 0 Å². The summed E-state index contributed by atoms with van der Waals surface area (Å²) in [5.74, 6) is -0.662. The first-order valence-corrected chi connectivity index (χ1v) is 8.26. The summed E-state index contributed by atoms with van der Waals surface area (Å²) in [5, 5.41) is 17.7. The molecule has 0 radical (unpaired) electrons. The van der Waals surface area contributed by atoms with Crippen molar-refractivity contribution in [2.45, 2.75) is 33.2 Å². The van der Waals surface area contributed by atoms with Gasteiger partial charge in [0.15, 0.2) is 5.82 Å². The average Bonchev–Trinajstić information content (AvgIpc) is 2.82. The normalized spacial score (nSPS) is 12.0. The van der Waals surface area contributed by atoms with Crippen molar-refractivity contribution in [1.29, 1.82) is 0 Å². The lowest BCUT2D eigenvalue weighted by molar-refractivity contribution is -0.141. The summed E-state index contributed by atoms with van der Waals surface area (Å²) in [6, 6.07) is 0.675. The maximum atomic E-state index is 11.7. The quantitative estimate of drug-likeness (QED) is 0.617. The highest BCUT2D eigenvalue weighted by molar-refractivity contribution is 8.00. The number of amides is 2. The van der Waals surface area contributed by atoms with Crippen LogP contribution in [-0.4, -0.2) is 45.6 Å². The predicted octanol–water partition coefficient (Wildman–Crippen LogP) is 1.27. The predicted molar refractivity (Wildman–Crippen MR) is 86.2 cm³/mol. The Morgan fingerprint density at radius 2 is 1.96 bits per heavy atom. The lowest BCUT2D eigenvalue weighted by atomic mass is 10.0. The van der Waals surface area contributed by atoms with Gasteiger partial charge in [0.05, 0.1) is 11.5 Å². The van der Waals surface area contributed by atoms with Crippen LogP contribution in [0.2, 0.25) is 0 Å². The molecule has 1 aromatic rings. The third-order valence-electron chi connectivity index (χ3n) is 2.70. The summed E-state index contributed by atoms with van der Waals surface area (Å²) in [4.78, 5) is 34.4. The van der Waals surface area contributed by atoms with E-state index < -0.39 is 17.9 Å². The monoisotopic (exact) mass is 343 g/mol. The minimum Gasteiger partial charge on any atom is -0.480 e. The fraction of sp³-hybridized carbons (Fsp3) is 0.571. The molecule has 1 atom stereocenters. The third-order valence-corrected chi connectivity index (χ3v) is 3.63. The van der Waals surface area contributed by atoms with Crippen LogP contribution in [0.1, 0.15) is 26.0 Å². The van der Waals surface area contributed by atoms with E-state index in [0.29, 0.717) is 18.0 Å². The van der Waals surface area contributed by atoms with Gasteiger partial charge in [-0.25, -0.2) is 4.79 Å². The van der Waals surface area contributed by atoms with E-state index >= 15 is 0 Å². The molecule has 0 saturated carbocycles. The van der Waals surface area contributed by atoms with Crippen molar-refractivity contribution < 1.29 is 24.0 Å². The summed E-state index contributed by atoms with van der Waals surface area (Å²) < 4.78 is 4.81. The number of hydrogen-bond donors (Lipinski definition) is 3. The number of anilines is 1. The maximum absolute atomic E-state index is 11.7. The smallest absolute Gasteiger partial charge is 0.326 e. The summed E-state index contributed by atoms with van der Waals surface area (Å²) >= 11 is 1.09. The topological polar surface area (TPSA) is 122 Å². The van der Waals surface area contributed by atoms with Crippen LogP contribution >= 0.6 is 11.8 Å². The van der Waals surface area contributed by atoms with E-state index in [-0.39, 0.29) is 23.3 Å². The van der Waals surface area contributed by atoms with Crippen LogP contribution in [0.25, 0.3) is 0 Å². The molecule has 1 unspecified atom stereocenters. The molecule has 9 heteroatoms. The molecule has 0 aliphatic heterocycles. The Balaban J connectivity index is 2.29. The molecular formula is C14H21N3O5S. The van der Waals surface area contributed by atoms with Gasteiger partial charge >= 0.3 is 5.97 Å². The van der Waals surface area contributed by atoms with Gasteiger partial charge in [-0.3, -0.25) is 9.59 Å². The van der Waals surface area contributed by atoms with Gasteiger partial charge in [-0.1, -0.05) is 19.0 Å². The first kappa shape index (κ1) is 19.0. The van der Waals surface area contributed by atoms with Crippen molar-refractivity contribution >= 4 is 35.4 Å². The van der Waals surface area contributed by atoms with Gasteiger partial charge in [0.1, 0.15) is 11.8 Å². The second kappa shape index (κ2) is 9.19. The molecule has 1 aromatic heterocycles. The van der Waals surface area contributed by atoms with Gasteiger partial charge in [0, 0.05) is 6.07 Å². The number of aliphatic carboxylic acids is 1. The SMILES string of the molecule is Cc1cc(NC(=O)CSCC(=O)NC(CC(C)C)C(=O)O)no1. The minimum absolute atomic E-state index is 0.00708. The lowest BCUT2D eigenvalue weighted by Crippen LogP contribution is -2.42. The number of thioether (sulfide) groups is 1. The van der Waals surface area contributed by atoms with Crippen molar-refractivity contribution in [3.05, 3.63) is 11.8 Å². The molecule has 23 heavy (non-hydrogen) atoms. The molecular weight excluding hydrogens is 322 g/mol. The van der Waals surface area contributed by atoms with E-state index in [0.717, 1.165) is 11.8 Å². The first-order chi connectivity index (χ1) is 10.8. The average molecular weight is 343 g/mol. The first-order valence-electron chi connectivity index (χ1n) is 7.11. The van der Waals surface area contributed by atoms with E-state index in [4.69, 9.17) is 9.63 Å². The Morgan fingerprint density at radius 1 is 1.30 bits per heavy atom. The van der Waals surface area contributed by atoms with Gasteiger partial charge in [-0.05, 0) is 19.3 Å². The standard InChI is InChI=1S/C14H21N3O5S/c1-8(2)4-10(14(20)21)15-12(18)6-23-7-13(19)16-11-5-9(3)22-17-11/h5,8,10H,4,6-7H2,1-3H3,(H,15,18)(H,20,21)(H,16,17,19). The molecule has 0 fully saturated rings. The third kappa shape index (κ3) is 7.68. The van der Waals surface area contributed by atoms with E-state index in [1.807, 2.05) is 13.8 Å². The van der Waals surface area contributed by atoms with Gasteiger partial charge in [-0.2, -0.15) is 0 Å². The summed E-state index contributed by atoms with van der Waals surface area (Å²) in [7, 11) is 0. The molecule has 2 amide bonds.